The molecule has 0 amide bonds. The number of hydrogen-bond donors (Lipinski definition) is 1. The maximum atomic E-state index is 5.64. The van der Waals surface area contributed by atoms with E-state index in [1.165, 1.54) is 0 Å². The summed E-state index contributed by atoms with van der Waals surface area (Å²) in [6.45, 7) is 7.47. The molecule has 0 fully saturated rings. The standard InChI is InChI=1S/C8H17N3/c1-8(2,3)6-5-10-7(9)11(6)4/h6H,5H2,1-4H3,(H2,9,10). The van der Waals surface area contributed by atoms with Gasteiger partial charge in [0.05, 0.1) is 12.6 Å². The highest BCUT2D eigenvalue weighted by Gasteiger charge is 2.32. The second-order valence-electron chi connectivity index (χ2n) is 4.19. The Hall–Kier alpha value is -0.730. The van der Waals surface area contributed by atoms with Crippen LogP contribution in [0.25, 0.3) is 0 Å². The van der Waals surface area contributed by atoms with E-state index in [4.69, 9.17) is 5.73 Å². The molecule has 0 aromatic rings. The maximum absolute atomic E-state index is 5.64. The third-order valence-corrected chi connectivity index (χ3v) is 2.25. The van der Waals surface area contributed by atoms with Crippen molar-refractivity contribution in [1.82, 2.24) is 4.90 Å². The highest BCUT2D eigenvalue weighted by molar-refractivity contribution is 5.79. The first-order valence-corrected chi connectivity index (χ1v) is 3.95. The Morgan fingerprint density at radius 3 is 2.27 bits per heavy atom. The van der Waals surface area contributed by atoms with Crippen LogP contribution < -0.4 is 5.73 Å². The quantitative estimate of drug-likeness (QED) is 0.558. The lowest BCUT2D eigenvalue weighted by Crippen LogP contribution is -2.44. The smallest absolute Gasteiger partial charge is 0.191 e. The van der Waals surface area contributed by atoms with E-state index in [0.717, 1.165) is 6.54 Å². The molecule has 0 bridgehead atoms. The van der Waals surface area contributed by atoms with Crippen molar-refractivity contribution in [3.05, 3.63) is 0 Å². The fourth-order valence-electron chi connectivity index (χ4n) is 1.43. The van der Waals surface area contributed by atoms with E-state index in [9.17, 15) is 0 Å². The lowest BCUT2D eigenvalue weighted by molar-refractivity contribution is 0.213. The summed E-state index contributed by atoms with van der Waals surface area (Å²) >= 11 is 0. The van der Waals surface area contributed by atoms with Crippen molar-refractivity contribution in [3.8, 4) is 0 Å². The molecule has 3 nitrogen and oxygen atoms in total. The Balaban J connectivity index is 2.68. The summed E-state index contributed by atoms with van der Waals surface area (Å²) in [5.74, 6) is 0.671. The van der Waals surface area contributed by atoms with Gasteiger partial charge in [0.25, 0.3) is 0 Å². The van der Waals surface area contributed by atoms with Crippen LogP contribution in [0.15, 0.2) is 4.99 Å². The summed E-state index contributed by atoms with van der Waals surface area (Å²) in [5.41, 5.74) is 5.90. The van der Waals surface area contributed by atoms with Gasteiger partial charge in [0.1, 0.15) is 0 Å². The third kappa shape index (κ3) is 1.47. The number of rotatable bonds is 0. The molecule has 0 spiro atoms. The predicted molar refractivity (Wildman–Crippen MR) is 47.5 cm³/mol. The van der Waals surface area contributed by atoms with E-state index in [2.05, 4.69) is 30.7 Å². The molecule has 1 atom stereocenters. The zero-order valence-corrected chi connectivity index (χ0v) is 7.76. The molecule has 0 aliphatic carbocycles. The zero-order chi connectivity index (χ0) is 8.65. The maximum Gasteiger partial charge on any atom is 0.191 e. The third-order valence-electron chi connectivity index (χ3n) is 2.25. The molecule has 1 aliphatic rings. The molecule has 1 unspecified atom stereocenters. The second-order valence-corrected chi connectivity index (χ2v) is 4.19. The Morgan fingerprint density at radius 1 is 1.55 bits per heavy atom. The average Bonchev–Trinajstić information content (AvgIpc) is 2.11. The number of nitrogens with zero attached hydrogens (tertiary/aromatic N) is 2. The average molecular weight is 155 g/mol. The van der Waals surface area contributed by atoms with E-state index in [-0.39, 0.29) is 5.41 Å². The Bertz CT molecular complexity index is 178. The van der Waals surface area contributed by atoms with E-state index >= 15 is 0 Å². The van der Waals surface area contributed by atoms with Gasteiger partial charge in [-0.2, -0.15) is 0 Å². The number of hydrogen-bond acceptors (Lipinski definition) is 3. The number of likely N-dealkylation sites (N-methyl/N-ethyl adjacent to an activating group) is 1. The lowest BCUT2D eigenvalue weighted by atomic mass is 9.86. The zero-order valence-electron chi connectivity index (χ0n) is 7.76. The topological polar surface area (TPSA) is 41.6 Å². The summed E-state index contributed by atoms with van der Waals surface area (Å²) in [6.07, 6.45) is 0. The molecular formula is C8H17N3. The van der Waals surface area contributed by atoms with Gasteiger partial charge in [0.2, 0.25) is 0 Å². The molecule has 1 rings (SSSR count). The van der Waals surface area contributed by atoms with Crippen LogP contribution in [-0.4, -0.2) is 30.5 Å². The number of nitrogens with two attached hydrogens (primary N) is 1. The van der Waals surface area contributed by atoms with Crippen molar-refractivity contribution < 1.29 is 0 Å². The molecular weight excluding hydrogens is 138 g/mol. The molecule has 0 aromatic heterocycles. The van der Waals surface area contributed by atoms with Crippen LogP contribution in [0.1, 0.15) is 20.8 Å². The first-order chi connectivity index (χ1) is 4.93. The van der Waals surface area contributed by atoms with Crippen LogP contribution in [0.2, 0.25) is 0 Å². The molecule has 64 valence electrons. The fourth-order valence-corrected chi connectivity index (χ4v) is 1.43. The molecule has 0 aromatic carbocycles. The molecule has 1 heterocycles. The normalized spacial score (nSPS) is 25.6. The molecule has 2 N–H and O–H groups in total. The van der Waals surface area contributed by atoms with Crippen molar-refractivity contribution in [2.75, 3.05) is 13.6 Å². The van der Waals surface area contributed by atoms with Crippen LogP contribution in [0.4, 0.5) is 0 Å². The Kier molecular flexibility index (Phi) is 1.82. The van der Waals surface area contributed by atoms with Crippen LogP contribution in [-0.2, 0) is 0 Å². The minimum Gasteiger partial charge on any atom is -0.370 e. The van der Waals surface area contributed by atoms with E-state index in [1.807, 2.05) is 7.05 Å². The van der Waals surface area contributed by atoms with Crippen LogP contribution in [0, 0.1) is 5.41 Å². The van der Waals surface area contributed by atoms with Gasteiger partial charge in [0, 0.05) is 7.05 Å². The van der Waals surface area contributed by atoms with E-state index in [0.29, 0.717) is 12.0 Å². The second kappa shape index (κ2) is 2.40. The summed E-state index contributed by atoms with van der Waals surface area (Å²) in [7, 11) is 2.00. The first kappa shape index (κ1) is 8.37. The van der Waals surface area contributed by atoms with Crippen molar-refractivity contribution in [1.29, 1.82) is 0 Å². The SMILES string of the molecule is CN1C(N)=NCC1C(C)(C)C. The minimum atomic E-state index is 0.263. The Labute approximate surface area is 68.3 Å². The van der Waals surface area contributed by atoms with E-state index in [1.54, 1.807) is 0 Å². The fraction of sp³-hybridized carbons (Fsp3) is 0.875. The Morgan fingerprint density at radius 2 is 2.09 bits per heavy atom. The van der Waals surface area contributed by atoms with Gasteiger partial charge >= 0.3 is 0 Å². The van der Waals surface area contributed by atoms with Gasteiger partial charge in [0.15, 0.2) is 5.96 Å². The van der Waals surface area contributed by atoms with Crippen molar-refractivity contribution in [2.45, 2.75) is 26.8 Å². The molecule has 0 saturated carbocycles. The molecule has 3 heteroatoms. The van der Waals surface area contributed by atoms with Gasteiger partial charge in [-0.3, -0.25) is 4.99 Å². The van der Waals surface area contributed by atoms with Gasteiger partial charge in [-0.05, 0) is 5.41 Å². The number of guanidine groups is 1. The lowest BCUT2D eigenvalue weighted by Gasteiger charge is -2.32. The van der Waals surface area contributed by atoms with Gasteiger partial charge < -0.3 is 10.6 Å². The van der Waals surface area contributed by atoms with Crippen LogP contribution in [0.5, 0.6) is 0 Å². The summed E-state index contributed by atoms with van der Waals surface area (Å²) < 4.78 is 0. The summed E-state index contributed by atoms with van der Waals surface area (Å²) in [6, 6.07) is 0.461. The molecule has 11 heavy (non-hydrogen) atoms. The highest BCUT2D eigenvalue weighted by atomic mass is 15.3. The van der Waals surface area contributed by atoms with Crippen molar-refractivity contribution in [3.63, 3.8) is 0 Å². The van der Waals surface area contributed by atoms with Crippen molar-refractivity contribution in [2.24, 2.45) is 16.1 Å². The monoisotopic (exact) mass is 155 g/mol. The number of aliphatic imine (C=N–C) groups is 1. The van der Waals surface area contributed by atoms with Crippen LogP contribution >= 0.6 is 0 Å². The van der Waals surface area contributed by atoms with E-state index < -0.39 is 0 Å². The summed E-state index contributed by atoms with van der Waals surface area (Å²) in [4.78, 5) is 6.24. The molecule has 1 aliphatic heterocycles. The first-order valence-electron chi connectivity index (χ1n) is 3.95. The van der Waals surface area contributed by atoms with Gasteiger partial charge in [-0.1, -0.05) is 20.8 Å². The van der Waals surface area contributed by atoms with Gasteiger partial charge in [-0.15, -0.1) is 0 Å². The predicted octanol–water partition coefficient (Wildman–Crippen LogP) is 0.661. The van der Waals surface area contributed by atoms with Gasteiger partial charge in [-0.25, -0.2) is 0 Å². The highest BCUT2D eigenvalue weighted by Crippen LogP contribution is 2.26. The largest absolute Gasteiger partial charge is 0.370 e. The molecule has 0 saturated heterocycles. The molecule has 0 radical (unpaired) electrons. The van der Waals surface area contributed by atoms with Crippen LogP contribution in [0.3, 0.4) is 0 Å². The minimum absolute atomic E-state index is 0.263. The summed E-state index contributed by atoms with van der Waals surface area (Å²) in [5, 5.41) is 0. The van der Waals surface area contributed by atoms with Crippen molar-refractivity contribution >= 4 is 5.96 Å².